The number of thiophene rings is 1. The first-order valence-corrected chi connectivity index (χ1v) is 11.7. The maximum atomic E-state index is 13.2. The highest BCUT2D eigenvalue weighted by Gasteiger charge is 2.13. The Labute approximate surface area is 180 Å². The topological polar surface area (TPSA) is 54.9 Å². The Hall–Kier alpha value is -2.42. The maximum Gasteiger partial charge on any atom is 0.234 e. The van der Waals surface area contributed by atoms with Gasteiger partial charge in [0.2, 0.25) is 5.91 Å². The molecule has 0 aliphatic carbocycles. The third kappa shape index (κ3) is 4.77. The predicted octanol–water partition coefficient (Wildman–Crippen LogP) is 5.95. The van der Waals surface area contributed by atoms with E-state index in [1.165, 1.54) is 30.2 Å². The molecule has 2 aromatic heterocycles. The van der Waals surface area contributed by atoms with Crippen LogP contribution in [0.1, 0.15) is 0 Å². The Bertz CT molecular complexity index is 1140. The molecule has 29 heavy (non-hydrogen) atoms. The number of aromatic nitrogens is 2. The summed E-state index contributed by atoms with van der Waals surface area (Å²) in [6, 6.07) is 16.1. The third-order valence-corrected chi connectivity index (χ3v) is 7.16. The second kappa shape index (κ2) is 8.94. The third-order valence-electron chi connectivity index (χ3n) is 4.12. The van der Waals surface area contributed by atoms with E-state index in [2.05, 4.69) is 15.3 Å². The Balaban J connectivity index is 1.47. The van der Waals surface area contributed by atoms with Crippen LogP contribution >= 0.6 is 34.9 Å². The van der Waals surface area contributed by atoms with E-state index in [0.29, 0.717) is 0 Å². The molecule has 0 spiro atoms. The summed E-state index contributed by atoms with van der Waals surface area (Å²) < 4.78 is 14.1. The number of halogens is 1. The van der Waals surface area contributed by atoms with Crippen LogP contribution in [0.25, 0.3) is 20.7 Å². The van der Waals surface area contributed by atoms with Gasteiger partial charge in [-0.3, -0.25) is 4.79 Å². The van der Waals surface area contributed by atoms with Crippen molar-refractivity contribution in [3.05, 3.63) is 66.7 Å². The molecular weight excluding hydrogens is 425 g/mol. The van der Waals surface area contributed by atoms with Gasteiger partial charge in [-0.25, -0.2) is 14.4 Å². The van der Waals surface area contributed by atoms with Crippen molar-refractivity contribution in [1.82, 2.24) is 9.97 Å². The van der Waals surface area contributed by atoms with E-state index in [1.807, 2.05) is 36.6 Å². The Morgan fingerprint density at radius 1 is 1.10 bits per heavy atom. The highest BCUT2D eigenvalue weighted by atomic mass is 32.2. The van der Waals surface area contributed by atoms with Crippen LogP contribution in [0.3, 0.4) is 0 Å². The molecule has 0 bridgehead atoms. The molecule has 4 aromatic rings. The molecule has 4 nitrogen and oxygen atoms in total. The van der Waals surface area contributed by atoms with Crippen molar-refractivity contribution in [3.8, 4) is 10.4 Å². The van der Waals surface area contributed by atoms with E-state index in [1.54, 1.807) is 35.2 Å². The van der Waals surface area contributed by atoms with Crippen LogP contribution in [0.5, 0.6) is 0 Å². The number of hydrogen-bond acceptors (Lipinski definition) is 6. The molecule has 0 saturated carbocycles. The summed E-state index contributed by atoms with van der Waals surface area (Å²) in [5.74, 6) is -0.103. The average Bonchev–Trinajstić information content (AvgIpc) is 3.18. The normalized spacial score (nSPS) is 11.0. The van der Waals surface area contributed by atoms with E-state index in [4.69, 9.17) is 0 Å². The van der Waals surface area contributed by atoms with Crippen LogP contribution in [0.2, 0.25) is 0 Å². The summed E-state index contributed by atoms with van der Waals surface area (Å²) in [6.45, 7) is 0. The van der Waals surface area contributed by atoms with Gasteiger partial charge in [-0.05, 0) is 54.3 Å². The van der Waals surface area contributed by atoms with Crippen LogP contribution in [0.4, 0.5) is 10.1 Å². The molecule has 0 saturated heterocycles. The van der Waals surface area contributed by atoms with E-state index in [-0.39, 0.29) is 17.5 Å². The molecule has 0 aliphatic rings. The first-order valence-electron chi connectivity index (χ1n) is 8.69. The van der Waals surface area contributed by atoms with Crippen molar-refractivity contribution in [1.29, 1.82) is 0 Å². The van der Waals surface area contributed by atoms with Gasteiger partial charge >= 0.3 is 0 Å². The molecule has 4 rings (SSSR count). The number of thioether (sulfide) groups is 2. The van der Waals surface area contributed by atoms with E-state index < -0.39 is 0 Å². The number of nitrogens with zero attached hydrogens (tertiary/aromatic N) is 2. The summed E-state index contributed by atoms with van der Waals surface area (Å²) in [4.78, 5) is 23.1. The van der Waals surface area contributed by atoms with E-state index in [0.717, 1.165) is 36.3 Å². The molecule has 1 amide bonds. The van der Waals surface area contributed by atoms with Gasteiger partial charge in [0, 0.05) is 15.5 Å². The van der Waals surface area contributed by atoms with Crippen molar-refractivity contribution in [2.75, 3.05) is 17.3 Å². The molecule has 0 unspecified atom stereocenters. The number of carbonyl (C=O) groups is 1. The Morgan fingerprint density at radius 3 is 2.59 bits per heavy atom. The number of carbonyl (C=O) groups excluding carboxylic acids is 1. The van der Waals surface area contributed by atoms with Crippen LogP contribution in [0.15, 0.2) is 70.8 Å². The summed E-state index contributed by atoms with van der Waals surface area (Å²) >= 11 is 4.58. The lowest BCUT2D eigenvalue weighted by molar-refractivity contribution is -0.113. The zero-order valence-electron chi connectivity index (χ0n) is 15.4. The van der Waals surface area contributed by atoms with Crippen molar-refractivity contribution in [2.45, 2.75) is 9.92 Å². The summed E-state index contributed by atoms with van der Waals surface area (Å²) in [5.41, 5.74) is 2.52. The highest BCUT2D eigenvalue weighted by molar-refractivity contribution is 8.00. The zero-order chi connectivity index (χ0) is 20.2. The summed E-state index contributed by atoms with van der Waals surface area (Å²) in [5, 5.41) is 3.67. The fraction of sp³-hybridized carbons (Fsp3) is 0.0952. The highest BCUT2D eigenvalue weighted by Crippen LogP contribution is 2.36. The lowest BCUT2D eigenvalue weighted by Gasteiger charge is -2.06. The quantitative estimate of drug-likeness (QED) is 0.296. The minimum atomic E-state index is -0.264. The SMILES string of the molecule is CSc1ccc(NC(=O)CSc2ncnc3cc(-c4ccc(F)cc4)sc23)cc1. The van der Waals surface area contributed by atoms with Crippen LogP contribution in [0, 0.1) is 5.82 Å². The van der Waals surface area contributed by atoms with Gasteiger partial charge in [0.1, 0.15) is 17.2 Å². The minimum absolute atomic E-state index is 0.0889. The Kier molecular flexibility index (Phi) is 6.13. The number of nitrogens with one attached hydrogen (secondary N) is 1. The molecule has 0 fully saturated rings. The van der Waals surface area contributed by atoms with Gasteiger partial charge in [-0.15, -0.1) is 23.1 Å². The van der Waals surface area contributed by atoms with Crippen LogP contribution in [-0.2, 0) is 4.79 Å². The number of rotatable bonds is 6. The fourth-order valence-electron chi connectivity index (χ4n) is 2.70. The average molecular weight is 442 g/mol. The first kappa shape index (κ1) is 19.9. The van der Waals surface area contributed by atoms with Gasteiger partial charge in [0.25, 0.3) is 0 Å². The van der Waals surface area contributed by atoms with Crippen LogP contribution in [-0.4, -0.2) is 27.9 Å². The molecular formula is C21H16FN3OS3. The molecule has 1 N–H and O–H groups in total. The lowest BCUT2D eigenvalue weighted by atomic mass is 10.2. The number of fused-ring (bicyclic) bond motifs is 1. The molecule has 146 valence electrons. The molecule has 0 aliphatic heterocycles. The predicted molar refractivity (Wildman–Crippen MR) is 120 cm³/mol. The van der Waals surface area contributed by atoms with Gasteiger partial charge in [-0.2, -0.15) is 0 Å². The number of benzene rings is 2. The first-order chi connectivity index (χ1) is 14.1. The summed E-state index contributed by atoms with van der Waals surface area (Å²) in [6.07, 6.45) is 3.52. The monoisotopic (exact) mass is 441 g/mol. The lowest BCUT2D eigenvalue weighted by Crippen LogP contribution is -2.14. The standard InChI is InChI=1S/C21H16FN3OS3/c1-27-16-8-6-15(7-9-16)25-19(26)11-28-21-20-17(23-12-24-21)10-18(29-20)13-2-4-14(22)5-3-13/h2-10,12H,11H2,1H3,(H,25,26). The molecule has 2 aromatic carbocycles. The molecule has 0 radical (unpaired) electrons. The second-order valence-electron chi connectivity index (χ2n) is 6.08. The van der Waals surface area contributed by atoms with Gasteiger partial charge in [0.15, 0.2) is 0 Å². The molecule has 2 heterocycles. The fourth-order valence-corrected chi connectivity index (χ4v) is 5.11. The maximum absolute atomic E-state index is 13.2. The molecule has 0 atom stereocenters. The zero-order valence-corrected chi connectivity index (χ0v) is 17.8. The van der Waals surface area contributed by atoms with Crippen molar-refractivity contribution >= 4 is 56.7 Å². The second-order valence-corrected chi connectivity index (χ2v) is 8.97. The van der Waals surface area contributed by atoms with Gasteiger partial charge in [-0.1, -0.05) is 23.9 Å². The summed E-state index contributed by atoms with van der Waals surface area (Å²) in [7, 11) is 0. The largest absolute Gasteiger partial charge is 0.325 e. The van der Waals surface area contributed by atoms with Gasteiger partial charge in [0.05, 0.1) is 16.0 Å². The van der Waals surface area contributed by atoms with Crippen molar-refractivity contribution < 1.29 is 9.18 Å². The minimum Gasteiger partial charge on any atom is -0.325 e. The number of anilines is 1. The smallest absolute Gasteiger partial charge is 0.234 e. The molecule has 8 heteroatoms. The van der Waals surface area contributed by atoms with Crippen molar-refractivity contribution in [2.24, 2.45) is 0 Å². The number of hydrogen-bond donors (Lipinski definition) is 1. The van der Waals surface area contributed by atoms with E-state index in [9.17, 15) is 9.18 Å². The van der Waals surface area contributed by atoms with E-state index >= 15 is 0 Å². The number of amides is 1. The van der Waals surface area contributed by atoms with Crippen LogP contribution < -0.4 is 5.32 Å². The van der Waals surface area contributed by atoms with Crippen molar-refractivity contribution in [3.63, 3.8) is 0 Å². The Morgan fingerprint density at radius 2 is 1.86 bits per heavy atom. The van der Waals surface area contributed by atoms with Gasteiger partial charge < -0.3 is 5.32 Å².